The Morgan fingerprint density at radius 3 is 2.23 bits per heavy atom. The molecule has 7 heteroatoms. The van der Waals surface area contributed by atoms with Crippen LogP contribution in [0.15, 0.2) is 54.7 Å². The average Bonchev–Trinajstić information content (AvgIpc) is 3.12. The fourth-order valence-corrected chi connectivity index (χ4v) is 2.83. The van der Waals surface area contributed by atoms with E-state index in [0.717, 1.165) is 17.5 Å². The van der Waals surface area contributed by atoms with E-state index in [1.165, 1.54) is 24.3 Å². The molecule has 0 bridgehead atoms. The molecule has 0 unspecified atom stereocenters. The number of halogens is 2. The standard InChI is InChI=1S/C23H25F2N3O2/c1-16(2)11-12-26-22(29)21-14-28(13-17-3-7-19(24)8-4-17)27-23(21)30-15-18-5-9-20(25)10-6-18/h3-10,14,16H,11-13,15H2,1-2H3,(H,26,29). The number of nitrogens with zero attached hydrogens (tertiary/aromatic N) is 2. The van der Waals surface area contributed by atoms with Gasteiger partial charge in [-0.15, -0.1) is 5.10 Å². The van der Waals surface area contributed by atoms with Crippen LogP contribution in [0.4, 0.5) is 8.78 Å². The van der Waals surface area contributed by atoms with Crippen LogP contribution in [0.25, 0.3) is 0 Å². The topological polar surface area (TPSA) is 56.2 Å². The summed E-state index contributed by atoms with van der Waals surface area (Å²) in [5.74, 6) is -0.236. The first-order chi connectivity index (χ1) is 14.4. The Hall–Kier alpha value is -3.22. The summed E-state index contributed by atoms with van der Waals surface area (Å²) in [5, 5.41) is 7.28. The smallest absolute Gasteiger partial charge is 0.258 e. The van der Waals surface area contributed by atoms with Crippen LogP contribution in [-0.2, 0) is 13.2 Å². The molecule has 2 aromatic carbocycles. The van der Waals surface area contributed by atoms with Gasteiger partial charge in [0, 0.05) is 12.7 Å². The van der Waals surface area contributed by atoms with Gasteiger partial charge >= 0.3 is 0 Å². The number of ether oxygens (including phenoxy) is 1. The summed E-state index contributed by atoms with van der Waals surface area (Å²) < 4.78 is 33.6. The molecule has 0 fully saturated rings. The third-order valence-corrected chi connectivity index (χ3v) is 4.53. The first-order valence-corrected chi connectivity index (χ1v) is 9.88. The highest BCUT2D eigenvalue weighted by atomic mass is 19.1. The maximum absolute atomic E-state index is 13.1. The van der Waals surface area contributed by atoms with Gasteiger partial charge in [-0.25, -0.2) is 8.78 Å². The maximum Gasteiger partial charge on any atom is 0.258 e. The van der Waals surface area contributed by atoms with Crippen LogP contribution in [0, 0.1) is 17.6 Å². The number of hydrogen-bond donors (Lipinski definition) is 1. The molecule has 0 radical (unpaired) electrons. The lowest BCUT2D eigenvalue weighted by molar-refractivity contribution is 0.0947. The normalized spacial score (nSPS) is 11.0. The predicted molar refractivity (Wildman–Crippen MR) is 110 cm³/mol. The van der Waals surface area contributed by atoms with Crippen LogP contribution in [0.2, 0.25) is 0 Å². The van der Waals surface area contributed by atoms with Crippen molar-refractivity contribution in [1.29, 1.82) is 0 Å². The van der Waals surface area contributed by atoms with E-state index in [1.54, 1.807) is 35.1 Å². The van der Waals surface area contributed by atoms with E-state index in [1.807, 2.05) is 0 Å². The molecule has 3 rings (SSSR count). The zero-order valence-corrected chi connectivity index (χ0v) is 17.1. The molecule has 1 amide bonds. The van der Waals surface area contributed by atoms with Gasteiger partial charge in [-0.3, -0.25) is 9.48 Å². The van der Waals surface area contributed by atoms with Crippen LogP contribution in [0.3, 0.4) is 0 Å². The minimum Gasteiger partial charge on any atom is -0.471 e. The Bertz CT molecular complexity index is 967. The second kappa shape index (κ2) is 10.0. The molecule has 0 spiro atoms. The van der Waals surface area contributed by atoms with Gasteiger partial charge in [-0.2, -0.15) is 0 Å². The summed E-state index contributed by atoms with van der Waals surface area (Å²) in [6.07, 6.45) is 2.48. The highest BCUT2D eigenvalue weighted by Crippen LogP contribution is 2.19. The van der Waals surface area contributed by atoms with Gasteiger partial charge in [-0.1, -0.05) is 38.1 Å². The zero-order chi connectivity index (χ0) is 21.5. The molecule has 0 saturated carbocycles. The Labute approximate surface area is 174 Å². The molecule has 1 N–H and O–H groups in total. The molecular formula is C23H25F2N3O2. The molecule has 3 aromatic rings. The van der Waals surface area contributed by atoms with Crippen LogP contribution in [-0.4, -0.2) is 22.2 Å². The molecule has 5 nitrogen and oxygen atoms in total. The summed E-state index contributed by atoms with van der Waals surface area (Å²) >= 11 is 0. The van der Waals surface area contributed by atoms with E-state index in [-0.39, 0.29) is 30.0 Å². The third kappa shape index (κ3) is 6.14. The van der Waals surface area contributed by atoms with Gasteiger partial charge in [0.15, 0.2) is 0 Å². The summed E-state index contributed by atoms with van der Waals surface area (Å²) in [7, 11) is 0. The van der Waals surface area contributed by atoms with Crippen molar-refractivity contribution in [2.75, 3.05) is 6.54 Å². The van der Waals surface area contributed by atoms with Crippen LogP contribution in [0.5, 0.6) is 5.88 Å². The van der Waals surface area contributed by atoms with Gasteiger partial charge in [0.2, 0.25) is 5.88 Å². The number of nitrogens with one attached hydrogen (secondary N) is 1. The SMILES string of the molecule is CC(C)CCNC(=O)c1cn(Cc2ccc(F)cc2)nc1OCc1ccc(F)cc1. The maximum atomic E-state index is 13.1. The van der Waals surface area contributed by atoms with E-state index >= 15 is 0 Å². The highest BCUT2D eigenvalue weighted by Gasteiger charge is 2.18. The van der Waals surface area contributed by atoms with Crippen molar-refractivity contribution in [2.45, 2.75) is 33.4 Å². The van der Waals surface area contributed by atoms with E-state index in [2.05, 4.69) is 24.3 Å². The van der Waals surface area contributed by atoms with Crippen molar-refractivity contribution in [3.63, 3.8) is 0 Å². The largest absolute Gasteiger partial charge is 0.471 e. The summed E-state index contributed by atoms with van der Waals surface area (Å²) in [4.78, 5) is 12.7. The Balaban J connectivity index is 1.76. The number of hydrogen-bond acceptors (Lipinski definition) is 3. The first kappa shape index (κ1) is 21.5. The molecule has 0 saturated heterocycles. The lowest BCUT2D eigenvalue weighted by Crippen LogP contribution is -2.25. The molecule has 158 valence electrons. The molecule has 30 heavy (non-hydrogen) atoms. The summed E-state index contributed by atoms with van der Waals surface area (Å²) in [6, 6.07) is 12.0. The molecule has 1 heterocycles. The quantitative estimate of drug-likeness (QED) is 0.559. The zero-order valence-electron chi connectivity index (χ0n) is 17.1. The minimum atomic E-state index is -0.326. The van der Waals surface area contributed by atoms with Crippen molar-refractivity contribution >= 4 is 5.91 Å². The second-order valence-electron chi connectivity index (χ2n) is 7.53. The van der Waals surface area contributed by atoms with Crippen molar-refractivity contribution in [2.24, 2.45) is 5.92 Å². The fourth-order valence-electron chi connectivity index (χ4n) is 2.83. The number of aromatic nitrogens is 2. The number of rotatable bonds is 9. The lowest BCUT2D eigenvalue weighted by atomic mass is 10.1. The summed E-state index contributed by atoms with van der Waals surface area (Å²) in [5.41, 5.74) is 1.93. The Morgan fingerprint density at radius 2 is 1.63 bits per heavy atom. The Morgan fingerprint density at radius 1 is 1.03 bits per heavy atom. The highest BCUT2D eigenvalue weighted by molar-refractivity contribution is 5.96. The van der Waals surface area contributed by atoms with Gasteiger partial charge in [0.1, 0.15) is 23.8 Å². The number of benzene rings is 2. The van der Waals surface area contributed by atoms with Crippen molar-refractivity contribution in [3.8, 4) is 5.88 Å². The monoisotopic (exact) mass is 413 g/mol. The van der Waals surface area contributed by atoms with Crippen molar-refractivity contribution in [3.05, 3.63) is 83.1 Å². The molecule has 0 atom stereocenters. The molecular weight excluding hydrogens is 388 g/mol. The van der Waals surface area contributed by atoms with E-state index in [4.69, 9.17) is 4.74 Å². The number of carbonyl (C=O) groups excluding carboxylic acids is 1. The van der Waals surface area contributed by atoms with Gasteiger partial charge in [-0.05, 0) is 47.7 Å². The van der Waals surface area contributed by atoms with Crippen molar-refractivity contribution in [1.82, 2.24) is 15.1 Å². The van der Waals surface area contributed by atoms with E-state index in [0.29, 0.717) is 24.6 Å². The van der Waals surface area contributed by atoms with Gasteiger partial charge in [0.25, 0.3) is 5.91 Å². The second-order valence-corrected chi connectivity index (χ2v) is 7.53. The average molecular weight is 413 g/mol. The molecule has 0 aliphatic heterocycles. The van der Waals surface area contributed by atoms with Crippen molar-refractivity contribution < 1.29 is 18.3 Å². The first-order valence-electron chi connectivity index (χ1n) is 9.88. The lowest BCUT2D eigenvalue weighted by Gasteiger charge is -2.08. The third-order valence-electron chi connectivity index (χ3n) is 4.53. The van der Waals surface area contributed by atoms with Crippen LogP contribution in [0.1, 0.15) is 41.8 Å². The molecule has 0 aliphatic carbocycles. The fraction of sp³-hybridized carbons (Fsp3) is 0.304. The summed E-state index contributed by atoms with van der Waals surface area (Å²) in [6.45, 7) is 5.25. The number of amides is 1. The van der Waals surface area contributed by atoms with E-state index < -0.39 is 0 Å². The number of carbonyl (C=O) groups is 1. The van der Waals surface area contributed by atoms with Gasteiger partial charge < -0.3 is 10.1 Å². The minimum absolute atomic E-state index is 0.153. The predicted octanol–water partition coefficient (Wildman–Crippen LogP) is 4.56. The van der Waals surface area contributed by atoms with Crippen LogP contribution < -0.4 is 10.1 Å². The van der Waals surface area contributed by atoms with E-state index in [9.17, 15) is 13.6 Å². The van der Waals surface area contributed by atoms with Gasteiger partial charge in [0.05, 0.1) is 6.54 Å². The Kier molecular flexibility index (Phi) is 7.17. The molecule has 1 aromatic heterocycles. The molecule has 0 aliphatic rings. The van der Waals surface area contributed by atoms with Crippen LogP contribution >= 0.6 is 0 Å².